The minimum absolute atomic E-state index is 0.0696. The summed E-state index contributed by atoms with van der Waals surface area (Å²) in [6.07, 6.45) is 2.91. The molecule has 0 saturated carbocycles. The third-order valence-electron chi connectivity index (χ3n) is 3.67. The molecule has 1 N–H and O–H groups in total. The SMILES string of the molecule is CNC(=O)c1cccnc1N1CCC(C)C1C. The van der Waals surface area contributed by atoms with E-state index in [1.165, 1.54) is 0 Å². The van der Waals surface area contributed by atoms with E-state index in [0.717, 1.165) is 18.8 Å². The Labute approximate surface area is 102 Å². The zero-order chi connectivity index (χ0) is 12.4. The van der Waals surface area contributed by atoms with Crippen LogP contribution in [-0.2, 0) is 0 Å². The molecule has 0 aliphatic carbocycles. The molecule has 1 aliphatic rings. The van der Waals surface area contributed by atoms with Crippen molar-refractivity contribution in [2.45, 2.75) is 26.3 Å². The van der Waals surface area contributed by atoms with Gasteiger partial charge in [-0.15, -0.1) is 0 Å². The molecule has 0 spiro atoms. The maximum Gasteiger partial charge on any atom is 0.254 e. The van der Waals surface area contributed by atoms with E-state index < -0.39 is 0 Å². The van der Waals surface area contributed by atoms with E-state index >= 15 is 0 Å². The van der Waals surface area contributed by atoms with Crippen molar-refractivity contribution in [3.05, 3.63) is 23.9 Å². The number of hydrogen-bond donors (Lipinski definition) is 1. The van der Waals surface area contributed by atoms with Gasteiger partial charge in [-0.25, -0.2) is 4.98 Å². The molecule has 2 atom stereocenters. The summed E-state index contributed by atoms with van der Waals surface area (Å²) in [7, 11) is 1.65. The Morgan fingerprint density at radius 2 is 2.29 bits per heavy atom. The fraction of sp³-hybridized carbons (Fsp3) is 0.538. The average Bonchev–Trinajstić information content (AvgIpc) is 2.69. The molecule has 1 amide bonds. The molecular weight excluding hydrogens is 214 g/mol. The van der Waals surface area contributed by atoms with Crippen LogP contribution in [0, 0.1) is 5.92 Å². The summed E-state index contributed by atoms with van der Waals surface area (Å²) in [6, 6.07) is 4.07. The molecule has 4 heteroatoms. The standard InChI is InChI=1S/C13H19N3O/c1-9-6-8-16(10(9)2)12-11(13(17)14-3)5-4-7-15-12/h4-5,7,9-10H,6,8H2,1-3H3,(H,14,17). The van der Waals surface area contributed by atoms with Crippen LogP contribution in [0.3, 0.4) is 0 Å². The molecule has 1 saturated heterocycles. The van der Waals surface area contributed by atoms with Gasteiger partial charge in [-0.05, 0) is 31.4 Å². The normalized spacial score (nSPS) is 23.8. The van der Waals surface area contributed by atoms with E-state index in [-0.39, 0.29) is 5.91 Å². The predicted molar refractivity (Wildman–Crippen MR) is 68.2 cm³/mol. The van der Waals surface area contributed by atoms with Crippen LogP contribution in [0.1, 0.15) is 30.6 Å². The summed E-state index contributed by atoms with van der Waals surface area (Å²) in [6.45, 7) is 5.41. The molecule has 0 bridgehead atoms. The number of carbonyl (C=O) groups is 1. The number of rotatable bonds is 2. The van der Waals surface area contributed by atoms with Gasteiger partial charge in [0.25, 0.3) is 5.91 Å². The second-order valence-corrected chi connectivity index (χ2v) is 4.65. The highest BCUT2D eigenvalue weighted by molar-refractivity contribution is 5.98. The number of nitrogens with zero attached hydrogens (tertiary/aromatic N) is 2. The summed E-state index contributed by atoms with van der Waals surface area (Å²) >= 11 is 0. The van der Waals surface area contributed by atoms with Crippen LogP contribution < -0.4 is 10.2 Å². The van der Waals surface area contributed by atoms with Crippen molar-refractivity contribution in [1.29, 1.82) is 0 Å². The summed E-state index contributed by atoms with van der Waals surface area (Å²) in [5, 5.41) is 2.67. The van der Waals surface area contributed by atoms with Gasteiger partial charge >= 0.3 is 0 Å². The van der Waals surface area contributed by atoms with Gasteiger partial charge in [0.05, 0.1) is 5.56 Å². The van der Waals surface area contributed by atoms with Gasteiger partial charge < -0.3 is 10.2 Å². The first kappa shape index (κ1) is 11.9. The lowest BCUT2D eigenvalue weighted by Crippen LogP contribution is -2.32. The molecule has 1 fully saturated rings. The maximum absolute atomic E-state index is 11.8. The minimum Gasteiger partial charge on any atom is -0.355 e. The van der Waals surface area contributed by atoms with E-state index in [0.29, 0.717) is 17.5 Å². The Bertz CT molecular complexity index is 419. The molecule has 17 heavy (non-hydrogen) atoms. The molecule has 0 radical (unpaired) electrons. The predicted octanol–water partition coefficient (Wildman–Crippen LogP) is 1.68. The van der Waals surface area contributed by atoms with Crippen LogP contribution in [0.4, 0.5) is 5.82 Å². The lowest BCUT2D eigenvalue weighted by molar-refractivity contribution is 0.0963. The third kappa shape index (κ3) is 2.12. The van der Waals surface area contributed by atoms with Crippen molar-refractivity contribution in [2.75, 3.05) is 18.5 Å². The lowest BCUT2D eigenvalue weighted by Gasteiger charge is -2.26. The van der Waals surface area contributed by atoms with E-state index in [4.69, 9.17) is 0 Å². The Kier molecular flexibility index (Phi) is 3.31. The number of anilines is 1. The number of aromatic nitrogens is 1. The largest absolute Gasteiger partial charge is 0.355 e. The van der Waals surface area contributed by atoms with Crippen molar-refractivity contribution in [3.8, 4) is 0 Å². The van der Waals surface area contributed by atoms with E-state index in [1.807, 2.05) is 6.07 Å². The quantitative estimate of drug-likeness (QED) is 0.845. The fourth-order valence-corrected chi connectivity index (χ4v) is 2.33. The van der Waals surface area contributed by atoms with Gasteiger partial charge in [-0.2, -0.15) is 0 Å². The van der Waals surface area contributed by atoms with Crippen LogP contribution in [0.25, 0.3) is 0 Å². The van der Waals surface area contributed by atoms with Gasteiger partial charge in [-0.3, -0.25) is 4.79 Å². The van der Waals surface area contributed by atoms with Crippen LogP contribution in [-0.4, -0.2) is 30.5 Å². The molecule has 2 heterocycles. The van der Waals surface area contributed by atoms with Crippen molar-refractivity contribution < 1.29 is 4.79 Å². The van der Waals surface area contributed by atoms with Gasteiger partial charge in [0.1, 0.15) is 5.82 Å². The Morgan fingerprint density at radius 3 is 2.88 bits per heavy atom. The highest BCUT2D eigenvalue weighted by atomic mass is 16.1. The molecule has 92 valence electrons. The zero-order valence-corrected chi connectivity index (χ0v) is 10.6. The van der Waals surface area contributed by atoms with E-state index in [1.54, 1.807) is 19.3 Å². The second-order valence-electron chi connectivity index (χ2n) is 4.65. The summed E-state index contributed by atoms with van der Waals surface area (Å²) in [5.74, 6) is 1.39. The topological polar surface area (TPSA) is 45.2 Å². The summed E-state index contributed by atoms with van der Waals surface area (Å²) in [5.41, 5.74) is 0.663. The molecule has 2 unspecified atom stereocenters. The maximum atomic E-state index is 11.8. The smallest absolute Gasteiger partial charge is 0.254 e. The molecule has 2 rings (SSSR count). The highest BCUT2D eigenvalue weighted by Crippen LogP contribution is 2.29. The zero-order valence-electron chi connectivity index (χ0n) is 10.6. The third-order valence-corrected chi connectivity index (χ3v) is 3.67. The van der Waals surface area contributed by atoms with Crippen LogP contribution in [0.15, 0.2) is 18.3 Å². The molecular formula is C13H19N3O. The van der Waals surface area contributed by atoms with Crippen LogP contribution in [0.5, 0.6) is 0 Å². The second kappa shape index (κ2) is 4.73. The summed E-state index contributed by atoms with van der Waals surface area (Å²) in [4.78, 5) is 18.4. The first-order chi connectivity index (χ1) is 8.15. The van der Waals surface area contributed by atoms with E-state index in [9.17, 15) is 4.79 Å². The van der Waals surface area contributed by atoms with Gasteiger partial charge in [0, 0.05) is 25.8 Å². The first-order valence-corrected chi connectivity index (χ1v) is 6.09. The fourth-order valence-electron chi connectivity index (χ4n) is 2.33. The number of carbonyl (C=O) groups excluding carboxylic acids is 1. The van der Waals surface area contributed by atoms with Gasteiger partial charge in [-0.1, -0.05) is 6.92 Å². The summed E-state index contributed by atoms with van der Waals surface area (Å²) < 4.78 is 0. The lowest BCUT2D eigenvalue weighted by atomic mass is 10.1. The average molecular weight is 233 g/mol. The molecule has 1 aromatic rings. The molecule has 1 aliphatic heterocycles. The number of nitrogens with one attached hydrogen (secondary N) is 1. The van der Waals surface area contributed by atoms with Crippen molar-refractivity contribution in [2.24, 2.45) is 5.92 Å². The van der Waals surface area contributed by atoms with E-state index in [2.05, 4.69) is 29.0 Å². The molecule has 1 aromatic heterocycles. The minimum atomic E-state index is -0.0696. The Hall–Kier alpha value is -1.58. The van der Waals surface area contributed by atoms with Crippen molar-refractivity contribution >= 4 is 11.7 Å². The monoisotopic (exact) mass is 233 g/mol. The van der Waals surface area contributed by atoms with Crippen molar-refractivity contribution in [1.82, 2.24) is 10.3 Å². The first-order valence-electron chi connectivity index (χ1n) is 6.09. The Balaban J connectivity index is 2.35. The molecule has 4 nitrogen and oxygen atoms in total. The highest BCUT2D eigenvalue weighted by Gasteiger charge is 2.30. The van der Waals surface area contributed by atoms with Crippen LogP contribution >= 0.6 is 0 Å². The van der Waals surface area contributed by atoms with Gasteiger partial charge in [0.2, 0.25) is 0 Å². The Morgan fingerprint density at radius 1 is 1.53 bits per heavy atom. The number of amides is 1. The number of hydrogen-bond acceptors (Lipinski definition) is 3. The van der Waals surface area contributed by atoms with Crippen LogP contribution in [0.2, 0.25) is 0 Å². The van der Waals surface area contributed by atoms with Gasteiger partial charge in [0.15, 0.2) is 0 Å². The molecule has 0 aromatic carbocycles. The van der Waals surface area contributed by atoms with Crippen molar-refractivity contribution in [3.63, 3.8) is 0 Å². The number of pyridine rings is 1.